The maximum absolute atomic E-state index is 10.9. The van der Waals surface area contributed by atoms with Gasteiger partial charge in [0.05, 0.1) is 0 Å². The first-order valence-corrected chi connectivity index (χ1v) is 6.71. The number of hydrogen-bond acceptors (Lipinski definition) is 4. The Labute approximate surface area is 91.2 Å². The summed E-state index contributed by atoms with van der Waals surface area (Å²) < 4.78 is 26.8. The second-order valence-electron chi connectivity index (χ2n) is 3.26. The van der Waals surface area contributed by atoms with E-state index in [1.54, 1.807) is 6.07 Å². The number of aromatic nitrogens is 1. The highest BCUT2D eigenvalue weighted by atomic mass is 35.7. The summed E-state index contributed by atoms with van der Waals surface area (Å²) in [6, 6.07) is 5.46. The van der Waals surface area contributed by atoms with Gasteiger partial charge in [0.1, 0.15) is 11.3 Å². The summed E-state index contributed by atoms with van der Waals surface area (Å²) in [7, 11) is 1.54. The summed E-state index contributed by atoms with van der Waals surface area (Å²) in [5.41, 5.74) is 1.61. The van der Waals surface area contributed by atoms with E-state index in [0.717, 1.165) is 5.56 Å². The van der Waals surface area contributed by atoms with E-state index in [-0.39, 0.29) is 11.5 Å². The van der Waals surface area contributed by atoms with E-state index in [2.05, 4.69) is 5.16 Å². The van der Waals surface area contributed by atoms with Gasteiger partial charge in [0, 0.05) is 16.1 Å². The Hall–Kier alpha value is -1.07. The van der Waals surface area contributed by atoms with E-state index in [4.69, 9.17) is 15.2 Å². The van der Waals surface area contributed by atoms with Crippen molar-refractivity contribution < 1.29 is 12.9 Å². The second-order valence-corrected chi connectivity index (χ2v) is 6.04. The normalized spacial score (nSPS) is 12.1. The van der Waals surface area contributed by atoms with E-state index in [1.807, 2.05) is 19.1 Å². The van der Waals surface area contributed by atoms with Crippen LogP contribution in [0.4, 0.5) is 0 Å². The fraction of sp³-hybridized carbons (Fsp3) is 0.222. The van der Waals surface area contributed by atoms with Crippen LogP contribution in [0.5, 0.6) is 0 Å². The monoisotopic (exact) mass is 245 g/mol. The van der Waals surface area contributed by atoms with Crippen LogP contribution in [0.25, 0.3) is 10.9 Å². The van der Waals surface area contributed by atoms with Crippen molar-refractivity contribution in [3.8, 4) is 0 Å². The quantitative estimate of drug-likeness (QED) is 0.761. The number of halogens is 1. The van der Waals surface area contributed by atoms with E-state index in [1.165, 1.54) is 0 Å². The predicted octanol–water partition coefficient (Wildman–Crippen LogP) is 2.20. The number of aryl methyl sites for hydroxylation is 1. The molecular formula is C9H8ClNO3S. The number of nitrogens with zero attached hydrogens (tertiary/aromatic N) is 1. The average Bonchev–Trinajstić information content (AvgIpc) is 2.48. The van der Waals surface area contributed by atoms with Crippen LogP contribution in [-0.4, -0.2) is 13.6 Å². The third-order valence-electron chi connectivity index (χ3n) is 2.09. The highest BCUT2D eigenvalue weighted by Crippen LogP contribution is 2.23. The van der Waals surface area contributed by atoms with E-state index in [0.29, 0.717) is 10.9 Å². The van der Waals surface area contributed by atoms with Gasteiger partial charge in [0.25, 0.3) is 0 Å². The summed E-state index contributed by atoms with van der Waals surface area (Å²) >= 11 is 0. The first-order chi connectivity index (χ1) is 6.97. The molecule has 15 heavy (non-hydrogen) atoms. The minimum Gasteiger partial charge on any atom is -0.359 e. The Kier molecular flexibility index (Phi) is 2.44. The Balaban J connectivity index is 2.60. The molecule has 80 valence electrons. The summed E-state index contributed by atoms with van der Waals surface area (Å²) in [6.45, 7) is 1.88. The van der Waals surface area contributed by atoms with Crippen LogP contribution >= 0.6 is 10.7 Å². The lowest BCUT2D eigenvalue weighted by Crippen LogP contribution is -1.93. The smallest absolute Gasteiger partial charge is 0.240 e. The molecule has 0 aliphatic rings. The van der Waals surface area contributed by atoms with Crippen LogP contribution < -0.4 is 0 Å². The first kappa shape index (κ1) is 10.4. The van der Waals surface area contributed by atoms with Gasteiger partial charge in [-0.15, -0.1) is 0 Å². The maximum Gasteiger partial charge on any atom is 0.240 e. The van der Waals surface area contributed by atoms with Gasteiger partial charge in [-0.3, -0.25) is 0 Å². The fourth-order valence-electron chi connectivity index (χ4n) is 1.42. The lowest BCUT2D eigenvalue weighted by atomic mass is 10.1. The topological polar surface area (TPSA) is 60.2 Å². The van der Waals surface area contributed by atoms with Gasteiger partial charge < -0.3 is 4.52 Å². The Bertz CT molecular complexity index is 603. The number of fused-ring (bicyclic) bond motifs is 1. The average molecular weight is 246 g/mol. The molecule has 0 fully saturated rings. The second kappa shape index (κ2) is 3.50. The molecule has 4 nitrogen and oxygen atoms in total. The van der Waals surface area contributed by atoms with Gasteiger partial charge in [-0.25, -0.2) is 8.42 Å². The third kappa shape index (κ3) is 2.13. The molecule has 0 saturated heterocycles. The standard InChI is InChI=1S/C9H8ClNO3S/c1-6-3-2-4-7-8(5-15(10,12)13)14-11-9(6)7/h2-4H,5H2,1H3. The van der Waals surface area contributed by atoms with E-state index >= 15 is 0 Å². The molecule has 0 radical (unpaired) electrons. The SMILES string of the molecule is Cc1cccc2c(CS(=O)(=O)Cl)onc12. The molecule has 0 aliphatic heterocycles. The fourth-order valence-corrected chi connectivity index (χ4v) is 2.23. The molecule has 0 aliphatic carbocycles. The van der Waals surface area contributed by atoms with E-state index in [9.17, 15) is 8.42 Å². The van der Waals surface area contributed by atoms with Gasteiger partial charge in [-0.05, 0) is 18.6 Å². The van der Waals surface area contributed by atoms with Crippen LogP contribution in [0, 0.1) is 6.92 Å². The zero-order valence-corrected chi connectivity index (χ0v) is 9.47. The van der Waals surface area contributed by atoms with Gasteiger partial charge >= 0.3 is 0 Å². The molecule has 6 heteroatoms. The summed E-state index contributed by atoms with van der Waals surface area (Å²) in [6.07, 6.45) is 0. The molecule has 0 bridgehead atoms. The molecule has 0 saturated carbocycles. The Morgan fingerprint density at radius 1 is 1.47 bits per heavy atom. The van der Waals surface area contributed by atoms with Gasteiger partial charge in [-0.2, -0.15) is 0 Å². The predicted molar refractivity (Wildman–Crippen MR) is 57.2 cm³/mol. The molecule has 1 heterocycles. The van der Waals surface area contributed by atoms with Crippen molar-refractivity contribution in [2.75, 3.05) is 0 Å². The molecule has 0 atom stereocenters. The molecule has 0 unspecified atom stereocenters. The summed E-state index contributed by atoms with van der Waals surface area (Å²) in [5, 5.41) is 4.50. The number of benzene rings is 1. The van der Waals surface area contributed by atoms with Crippen LogP contribution in [-0.2, 0) is 14.8 Å². The van der Waals surface area contributed by atoms with Crippen molar-refractivity contribution in [1.29, 1.82) is 0 Å². The zero-order chi connectivity index (χ0) is 11.1. The minimum absolute atomic E-state index is 0.281. The lowest BCUT2D eigenvalue weighted by molar-refractivity contribution is 0.401. The van der Waals surface area contributed by atoms with Gasteiger partial charge in [0.2, 0.25) is 9.05 Å². The Morgan fingerprint density at radius 3 is 2.87 bits per heavy atom. The van der Waals surface area contributed by atoms with Gasteiger partial charge in [0.15, 0.2) is 5.76 Å². The molecule has 0 N–H and O–H groups in total. The largest absolute Gasteiger partial charge is 0.359 e. The number of hydrogen-bond donors (Lipinski definition) is 0. The molecule has 1 aromatic heterocycles. The van der Waals surface area contributed by atoms with Crippen molar-refractivity contribution in [3.05, 3.63) is 29.5 Å². The lowest BCUT2D eigenvalue weighted by Gasteiger charge is -1.93. The van der Waals surface area contributed by atoms with E-state index < -0.39 is 9.05 Å². The molecule has 2 rings (SSSR count). The molecule has 0 spiro atoms. The van der Waals surface area contributed by atoms with Crippen LogP contribution in [0.15, 0.2) is 22.7 Å². The minimum atomic E-state index is -3.61. The Morgan fingerprint density at radius 2 is 2.20 bits per heavy atom. The third-order valence-corrected chi connectivity index (χ3v) is 3.02. The van der Waals surface area contributed by atoms with Crippen molar-refractivity contribution >= 4 is 30.6 Å². The molecule has 1 aromatic carbocycles. The van der Waals surface area contributed by atoms with Crippen molar-refractivity contribution in [1.82, 2.24) is 5.16 Å². The number of rotatable bonds is 2. The van der Waals surface area contributed by atoms with Crippen LogP contribution in [0.2, 0.25) is 0 Å². The zero-order valence-electron chi connectivity index (χ0n) is 7.90. The highest BCUT2D eigenvalue weighted by molar-refractivity contribution is 8.13. The summed E-state index contributed by atoms with van der Waals surface area (Å²) in [5.74, 6) is -0.0576. The molecule has 2 aromatic rings. The maximum atomic E-state index is 10.9. The van der Waals surface area contributed by atoms with Crippen LogP contribution in [0.3, 0.4) is 0 Å². The first-order valence-electron chi connectivity index (χ1n) is 4.23. The van der Waals surface area contributed by atoms with Crippen molar-refractivity contribution in [2.45, 2.75) is 12.7 Å². The van der Waals surface area contributed by atoms with Crippen molar-refractivity contribution in [2.24, 2.45) is 0 Å². The van der Waals surface area contributed by atoms with Gasteiger partial charge in [-0.1, -0.05) is 17.3 Å². The highest BCUT2D eigenvalue weighted by Gasteiger charge is 2.16. The summed E-state index contributed by atoms with van der Waals surface area (Å²) in [4.78, 5) is 0. The van der Waals surface area contributed by atoms with Crippen LogP contribution in [0.1, 0.15) is 11.3 Å². The molecular weight excluding hydrogens is 238 g/mol. The molecule has 0 amide bonds. The van der Waals surface area contributed by atoms with Crippen molar-refractivity contribution in [3.63, 3.8) is 0 Å².